The molecule has 0 saturated carbocycles. The van der Waals surface area contributed by atoms with Crippen LogP contribution in [0.2, 0.25) is 0 Å². The summed E-state index contributed by atoms with van der Waals surface area (Å²) in [6, 6.07) is 14.9. The van der Waals surface area contributed by atoms with E-state index in [0.717, 1.165) is 38.9 Å². The molecule has 0 fully saturated rings. The largest absolute Gasteiger partial charge is 0.330 e. The summed E-state index contributed by atoms with van der Waals surface area (Å²) in [5.74, 6) is 0. The van der Waals surface area contributed by atoms with Gasteiger partial charge in [0, 0.05) is 6.04 Å². The maximum absolute atomic E-state index is 6.34. The van der Waals surface area contributed by atoms with Gasteiger partial charge in [-0.25, -0.2) is 0 Å². The highest BCUT2D eigenvalue weighted by Gasteiger charge is 2.08. The molecule has 3 heteroatoms. The molecule has 3 nitrogen and oxygen atoms in total. The Morgan fingerprint density at radius 2 is 1.75 bits per heavy atom. The number of nitrogens with two attached hydrogens (primary N) is 2. The molecule has 0 aliphatic rings. The van der Waals surface area contributed by atoms with Gasteiger partial charge in [0.05, 0.1) is 0 Å². The fraction of sp³-hybridized carbons (Fsp3) is 0.412. The number of benzene rings is 2. The molecule has 0 aliphatic heterocycles. The average molecular weight is 271 g/mol. The molecule has 2 aromatic carbocycles. The fourth-order valence-electron chi connectivity index (χ4n) is 2.51. The Kier molecular flexibility index (Phi) is 5.99. The van der Waals surface area contributed by atoms with Crippen molar-refractivity contribution in [2.45, 2.75) is 25.3 Å². The maximum atomic E-state index is 6.34. The van der Waals surface area contributed by atoms with E-state index in [1.165, 1.54) is 16.3 Å². The van der Waals surface area contributed by atoms with Crippen molar-refractivity contribution in [3.05, 3.63) is 48.0 Å². The van der Waals surface area contributed by atoms with Gasteiger partial charge < -0.3 is 16.8 Å². The number of nitrogens with one attached hydrogen (secondary N) is 1. The van der Waals surface area contributed by atoms with Crippen LogP contribution < -0.4 is 16.8 Å². The minimum atomic E-state index is 0.0862. The van der Waals surface area contributed by atoms with Gasteiger partial charge >= 0.3 is 0 Å². The SMILES string of the molecule is NCCCCNCCC(N)c1cccc2ccccc12. The van der Waals surface area contributed by atoms with Crippen molar-refractivity contribution in [2.75, 3.05) is 19.6 Å². The van der Waals surface area contributed by atoms with Crippen LogP contribution in [0.3, 0.4) is 0 Å². The molecule has 0 aliphatic carbocycles. The number of hydrogen-bond acceptors (Lipinski definition) is 3. The first-order valence-electron chi connectivity index (χ1n) is 7.47. The molecule has 0 amide bonds. The number of rotatable bonds is 8. The lowest BCUT2D eigenvalue weighted by atomic mass is 9.97. The van der Waals surface area contributed by atoms with E-state index < -0.39 is 0 Å². The first-order chi connectivity index (χ1) is 9.83. The summed E-state index contributed by atoms with van der Waals surface area (Å²) in [6.45, 7) is 2.76. The van der Waals surface area contributed by atoms with Crippen molar-refractivity contribution in [3.63, 3.8) is 0 Å². The standard InChI is InChI=1S/C17H25N3/c18-11-3-4-12-20-13-10-17(19)16-9-5-7-14-6-1-2-8-15(14)16/h1-2,5-9,17,20H,3-4,10-13,18-19H2. The predicted octanol–water partition coefficient (Wildman–Crippen LogP) is 2.56. The zero-order chi connectivity index (χ0) is 14.2. The number of unbranched alkanes of at least 4 members (excludes halogenated alkanes) is 1. The van der Waals surface area contributed by atoms with Gasteiger partial charge in [-0.1, -0.05) is 42.5 Å². The minimum absolute atomic E-state index is 0.0862. The Labute approximate surface area is 121 Å². The second-order valence-corrected chi connectivity index (χ2v) is 5.21. The number of fused-ring (bicyclic) bond motifs is 1. The van der Waals surface area contributed by atoms with E-state index >= 15 is 0 Å². The summed E-state index contributed by atoms with van der Waals surface area (Å²) in [4.78, 5) is 0. The Hall–Kier alpha value is -1.42. The molecular formula is C17H25N3. The van der Waals surface area contributed by atoms with Crippen LogP contribution >= 0.6 is 0 Å². The van der Waals surface area contributed by atoms with Crippen LogP contribution in [0.15, 0.2) is 42.5 Å². The van der Waals surface area contributed by atoms with Gasteiger partial charge in [-0.3, -0.25) is 0 Å². The zero-order valence-corrected chi connectivity index (χ0v) is 12.0. The molecule has 5 N–H and O–H groups in total. The van der Waals surface area contributed by atoms with Crippen LogP contribution in [-0.4, -0.2) is 19.6 Å². The molecule has 0 heterocycles. The quantitative estimate of drug-likeness (QED) is 0.647. The van der Waals surface area contributed by atoms with Crippen molar-refractivity contribution in [1.29, 1.82) is 0 Å². The van der Waals surface area contributed by atoms with Crippen molar-refractivity contribution in [2.24, 2.45) is 11.5 Å². The third kappa shape index (κ3) is 4.04. The summed E-state index contributed by atoms with van der Waals surface area (Å²) < 4.78 is 0. The second kappa shape index (κ2) is 8.00. The van der Waals surface area contributed by atoms with E-state index in [-0.39, 0.29) is 6.04 Å². The third-order valence-electron chi connectivity index (χ3n) is 3.66. The van der Waals surface area contributed by atoms with E-state index in [1.54, 1.807) is 0 Å². The smallest absolute Gasteiger partial charge is 0.0313 e. The van der Waals surface area contributed by atoms with Crippen molar-refractivity contribution >= 4 is 10.8 Å². The highest BCUT2D eigenvalue weighted by atomic mass is 14.9. The maximum Gasteiger partial charge on any atom is 0.0313 e. The van der Waals surface area contributed by atoms with Crippen LogP contribution in [0.25, 0.3) is 10.8 Å². The second-order valence-electron chi connectivity index (χ2n) is 5.21. The Morgan fingerprint density at radius 3 is 2.60 bits per heavy atom. The molecular weight excluding hydrogens is 246 g/mol. The molecule has 2 rings (SSSR count). The van der Waals surface area contributed by atoms with Crippen molar-refractivity contribution in [1.82, 2.24) is 5.32 Å². The topological polar surface area (TPSA) is 64.1 Å². The first kappa shape index (κ1) is 15.0. The van der Waals surface area contributed by atoms with Crippen LogP contribution in [0.1, 0.15) is 30.9 Å². The molecule has 0 bridgehead atoms. The third-order valence-corrected chi connectivity index (χ3v) is 3.66. The molecule has 0 spiro atoms. The normalized spacial score (nSPS) is 12.7. The molecule has 0 aromatic heterocycles. The van der Waals surface area contributed by atoms with E-state index in [4.69, 9.17) is 11.5 Å². The molecule has 1 atom stereocenters. The first-order valence-corrected chi connectivity index (χ1v) is 7.47. The predicted molar refractivity (Wildman–Crippen MR) is 86.7 cm³/mol. The van der Waals surface area contributed by atoms with E-state index in [9.17, 15) is 0 Å². The van der Waals surface area contributed by atoms with Crippen LogP contribution in [0.4, 0.5) is 0 Å². The molecule has 0 saturated heterocycles. The van der Waals surface area contributed by atoms with Gasteiger partial charge in [0.2, 0.25) is 0 Å². The lowest BCUT2D eigenvalue weighted by Crippen LogP contribution is -2.22. The van der Waals surface area contributed by atoms with E-state index in [1.807, 2.05) is 0 Å². The van der Waals surface area contributed by atoms with Crippen LogP contribution in [-0.2, 0) is 0 Å². The van der Waals surface area contributed by atoms with Crippen molar-refractivity contribution < 1.29 is 0 Å². The Balaban J connectivity index is 1.89. The van der Waals surface area contributed by atoms with E-state index in [0.29, 0.717) is 0 Å². The summed E-state index contributed by atoms with van der Waals surface area (Å²) in [6.07, 6.45) is 3.18. The van der Waals surface area contributed by atoms with Gasteiger partial charge in [0.15, 0.2) is 0 Å². The van der Waals surface area contributed by atoms with Gasteiger partial charge in [-0.05, 0) is 55.2 Å². The molecule has 108 valence electrons. The zero-order valence-electron chi connectivity index (χ0n) is 12.0. The lowest BCUT2D eigenvalue weighted by Gasteiger charge is -2.15. The summed E-state index contributed by atoms with van der Waals surface area (Å²) >= 11 is 0. The van der Waals surface area contributed by atoms with Gasteiger partial charge in [-0.2, -0.15) is 0 Å². The monoisotopic (exact) mass is 271 g/mol. The van der Waals surface area contributed by atoms with Crippen LogP contribution in [0.5, 0.6) is 0 Å². The highest BCUT2D eigenvalue weighted by molar-refractivity contribution is 5.86. The fourth-order valence-corrected chi connectivity index (χ4v) is 2.51. The Bertz CT molecular complexity index is 519. The Morgan fingerprint density at radius 1 is 0.950 bits per heavy atom. The lowest BCUT2D eigenvalue weighted by molar-refractivity contribution is 0.564. The van der Waals surface area contributed by atoms with Gasteiger partial charge in [0.25, 0.3) is 0 Å². The number of hydrogen-bond donors (Lipinski definition) is 3. The highest BCUT2D eigenvalue weighted by Crippen LogP contribution is 2.24. The average Bonchev–Trinajstić information content (AvgIpc) is 2.50. The summed E-state index contributed by atoms with van der Waals surface area (Å²) in [7, 11) is 0. The van der Waals surface area contributed by atoms with Gasteiger partial charge in [-0.15, -0.1) is 0 Å². The van der Waals surface area contributed by atoms with Crippen LogP contribution in [0, 0.1) is 0 Å². The summed E-state index contributed by atoms with van der Waals surface area (Å²) in [5, 5.41) is 5.96. The minimum Gasteiger partial charge on any atom is -0.330 e. The van der Waals surface area contributed by atoms with Gasteiger partial charge in [0.1, 0.15) is 0 Å². The molecule has 2 aromatic rings. The van der Waals surface area contributed by atoms with E-state index in [2.05, 4.69) is 47.8 Å². The molecule has 1 unspecified atom stereocenters. The van der Waals surface area contributed by atoms with Crippen molar-refractivity contribution in [3.8, 4) is 0 Å². The summed E-state index contributed by atoms with van der Waals surface area (Å²) in [5.41, 5.74) is 13.1. The molecule has 20 heavy (non-hydrogen) atoms. The molecule has 0 radical (unpaired) electrons.